The van der Waals surface area contributed by atoms with Crippen LogP contribution in [0.2, 0.25) is 0 Å². The molecule has 0 spiro atoms. The van der Waals surface area contributed by atoms with Gasteiger partial charge in [-0.05, 0) is 38.1 Å². The van der Waals surface area contributed by atoms with Gasteiger partial charge >= 0.3 is 11.9 Å². The van der Waals surface area contributed by atoms with Gasteiger partial charge in [0, 0.05) is 0 Å². The van der Waals surface area contributed by atoms with Crippen molar-refractivity contribution in [2.75, 3.05) is 0 Å². The van der Waals surface area contributed by atoms with E-state index in [-0.39, 0.29) is 33.2 Å². The molecule has 2 saturated heterocycles. The van der Waals surface area contributed by atoms with Gasteiger partial charge in [0.05, 0.1) is 34.4 Å². The van der Waals surface area contributed by atoms with Crippen LogP contribution < -0.4 is 0 Å². The highest BCUT2D eigenvalue weighted by Crippen LogP contribution is 2.27. The van der Waals surface area contributed by atoms with Crippen LogP contribution in [0.15, 0.2) is 36.4 Å². The molecular weight excluding hydrogens is 532 g/mol. The molecule has 1 aromatic heterocycles. The summed E-state index contributed by atoms with van der Waals surface area (Å²) >= 11 is 0. The third-order valence-electron chi connectivity index (χ3n) is 7.00. The van der Waals surface area contributed by atoms with Crippen LogP contribution in [-0.4, -0.2) is 114 Å². The van der Waals surface area contributed by atoms with Gasteiger partial charge in [-0.25, -0.2) is 19.6 Å². The summed E-state index contributed by atoms with van der Waals surface area (Å²) in [4.78, 5) is 35.0. The quantitative estimate of drug-likeness (QED) is 0.162. The summed E-state index contributed by atoms with van der Waals surface area (Å²) in [5.41, 5.74) is 0.561. The molecule has 3 heterocycles. The van der Waals surface area contributed by atoms with Gasteiger partial charge in [-0.15, -0.1) is 0 Å². The summed E-state index contributed by atoms with van der Waals surface area (Å²) in [7, 11) is 0. The molecule has 14 nitrogen and oxygen atoms in total. The van der Waals surface area contributed by atoms with Crippen molar-refractivity contribution in [1.82, 2.24) is 9.97 Å². The van der Waals surface area contributed by atoms with Gasteiger partial charge < -0.3 is 49.6 Å². The Morgan fingerprint density at radius 3 is 1.38 bits per heavy atom. The number of ether oxygens (including phenoxy) is 4. The van der Waals surface area contributed by atoms with Gasteiger partial charge in [0.15, 0.2) is 0 Å². The predicted octanol–water partition coefficient (Wildman–Crippen LogP) is -1.25. The fraction of sp³-hybridized carbons (Fsp3) is 0.462. The molecule has 0 bridgehead atoms. The van der Waals surface area contributed by atoms with Crippen molar-refractivity contribution >= 4 is 34.0 Å². The standard InChI is InChI=1S/C26H28N2O12/c1-9-17(29)19(31)21(33)25(37-9)39-23(35)11-5-3-7-13-15(11)27-14-8-4-6-12(16(14)28-13)24(36)40-26-22(34)20(32)18(30)10(2)38-26/h3-10,17-22,25-26,29-34H,1-2H3. The lowest BCUT2D eigenvalue weighted by atomic mass is 10.00. The summed E-state index contributed by atoms with van der Waals surface area (Å²) in [6, 6.07) is 8.91. The van der Waals surface area contributed by atoms with Gasteiger partial charge in [0.2, 0.25) is 12.6 Å². The first-order chi connectivity index (χ1) is 19.0. The topological polar surface area (TPSA) is 218 Å². The Bertz CT molecular complexity index is 1330. The molecule has 2 aromatic carbocycles. The predicted molar refractivity (Wildman–Crippen MR) is 133 cm³/mol. The molecular formula is C26H28N2O12. The minimum Gasteiger partial charge on any atom is -0.429 e. The van der Waals surface area contributed by atoms with E-state index in [1.54, 1.807) is 12.1 Å². The van der Waals surface area contributed by atoms with Crippen LogP contribution >= 0.6 is 0 Å². The number of aliphatic hydroxyl groups is 6. The fourth-order valence-electron chi connectivity index (χ4n) is 4.61. The molecule has 2 aliphatic rings. The SMILES string of the molecule is CC1OC(OC(=O)c2cccc3nc4c(C(=O)OC5OC(C)C(O)C(O)C5O)cccc4nc23)C(O)C(O)C1O. The van der Waals surface area contributed by atoms with Crippen LogP contribution in [0.3, 0.4) is 0 Å². The summed E-state index contributed by atoms with van der Waals surface area (Å²) in [5, 5.41) is 60.1. The Labute approximate surface area is 226 Å². The van der Waals surface area contributed by atoms with Crippen LogP contribution in [0.4, 0.5) is 0 Å². The number of rotatable bonds is 4. The molecule has 40 heavy (non-hydrogen) atoms. The summed E-state index contributed by atoms with van der Waals surface area (Å²) in [5.74, 6) is -1.87. The lowest BCUT2D eigenvalue weighted by Crippen LogP contribution is -2.57. The normalized spacial score (nSPS) is 34.5. The van der Waals surface area contributed by atoms with E-state index in [1.165, 1.54) is 38.1 Å². The molecule has 3 aromatic rings. The largest absolute Gasteiger partial charge is 0.429 e. The molecule has 5 rings (SSSR count). The Hall–Kier alpha value is -3.34. The number of aromatic nitrogens is 2. The maximum atomic E-state index is 13.0. The van der Waals surface area contributed by atoms with E-state index >= 15 is 0 Å². The molecule has 10 unspecified atom stereocenters. The van der Waals surface area contributed by atoms with E-state index in [2.05, 4.69) is 9.97 Å². The van der Waals surface area contributed by atoms with Gasteiger partial charge in [0.1, 0.15) is 47.7 Å². The Balaban J connectivity index is 1.43. The highest BCUT2D eigenvalue weighted by atomic mass is 16.7. The first kappa shape index (κ1) is 28.2. The first-order valence-corrected chi connectivity index (χ1v) is 12.5. The molecule has 14 heteroatoms. The van der Waals surface area contributed by atoms with E-state index in [1.807, 2.05) is 0 Å². The zero-order chi connectivity index (χ0) is 28.9. The third-order valence-corrected chi connectivity index (χ3v) is 7.00. The molecule has 0 saturated carbocycles. The lowest BCUT2D eigenvalue weighted by Gasteiger charge is -2.38. The lowest BCUT2D eigenvalue weighted by molar-refractivity contribution is -0.276. The molecule has 2 aliphatic heterocycles. The van der Waals surface area contributed by atoms with Crippen LogP contribution in [0, 0.1) is 0 Å². The Kier molecular flexibility index (Phi) is 7.69. The molecule has 0 aliphatic carbocycles. The van der Waals surface area contributed by atoms with Crippen molar-refractivity contribution in [1.29, 1.82) is 0 Å². The van der Waals surface area contributed by atoms with Crippen LogP contribution in [0.25, 0.3) is 22.1 Å². The van der Waals surface area contributed by atoms with Gasteiger partial charge in [0.25, 0.3) is 0 Å². The smallest absolute Gasteiger partial charge is 0.342 e. The van der Waals surface area contributed by atoms with Crippen molar-refractivity contribution < 1.29 is 59.2 Å². The fourth-order valence-corrected chi connectivity index (χ4v) is 4.61. The van der Waals surface area contributed by atoms with Crippen molar-refractivity contribution in [3.8, 4) is 0 Å². The number of benzene rings is 2. The Morgan fingerprint density at radius 1 is 0.625 bits per heavy atom. The number of carbonyl (C=O) groups is 2. The third kappa shape index (κ3) is 5.00. The van der Waals surface area contributed by atoms with Crippen LogP contribution in [-0.2, 0) is 18.9 Å². The van der Waals surface area contributed by atoms with E-state index < -0.39 is 73.4 Å². The van der Waals surface area contributed by atoms with Crippen molar-refractivity contribution in [2.45, 2.75) is 75.3 Å². The maximum absolute atomic E-state index is 13.0. The van der Waals surface area contributed by atoms with Crippen LogP contribution in [0.5, 0.6) is 0 Å². The number of fused-ring (bicyclic) bond motifs is 2. The minimum absolute atomic E-state index is 0.0378. The zero-order valence-electron chi connectivity index (χ0n) is 21.3. The van der Waals surface area contributed by atoms with Gasteiger partial charge in [-0.2, -0.15) is 0 Å². The summed E-state index contributed by atoms with van der Waals surface area (Å²) in [6.07, 6.45) is -14.2. The average molecular weight is 561 g/mol. The Morgan fingerprint density at radius 2 is 1.00 bits per heavy atom. The van der Waals surface area contributed by atoms with Crippen LogP contribution in [0.1, 0.15) is 34.6 Å². The average Bonchev–Trinajstić information content (AvgIpc) is 2.94. The van der Waals surface area contributed by atoms with E-state index in [4.69, 9.17) is 18.9 Å². The number of hydrogen-bond donors (Lipinski definition) is 6. The number of nitrogens with zero attached hydrogens (tertiary/aromatic N) is 2. The van der Waals surface area contributed by atoms with Crippen molar-refractivity contribution in [3.05, 3.63) is 47.5 Å². The molecule has 6 N–H and O–H groups in total. The molecule has 2 fully saturated rings. The zero-order valence-corrected chi connectivity index (χ0v) is 21.3. The number of esters is 2. The van der Waals surface area contributed by atoms with Crippen molar-refractivity contribution in [3.63, 3.8) is 0 Å². The second-order valence-electron chi connectivity index (χ2n) is 9.74. The minimum atomic E-state index is -1.69. The molecule has 0 amide bonds. The molecule has 0 radical (unpaired) electrons. The van der Waals surface area contributed by atoms with Gasteiger partial charge in [-0.3, -0.25) is 0 Å². The summed E-state index contributed by atoms with van der Waals surface area (Å²) in [6.45, 7) is 2.90. The monoisotopic (exact) mass is 560 g/mol. The number of aliphatic hydroxyl groups excluding tert-OH is 6. The summed E-state index contributed by atoms with van der Waals surface area (Å²) < 4.78 is 21.2. The van der Waals surface area contributed by atoms with E-state index in [9.17, 15) is 40.2 Å². The number of para-hydroxylation sites is 2. The van der Waals surface area contributed by atoms with E-state index in [0.29, 0.717) is 0 Å². The first-order valence-electron chi connectivity index (χ1n) is 12.5. The highest BCUT2D eigenvalue weighted by molar-refractivity contribution is 6.07. The number of carbonyl (C=O) groups excluding carboxylic acids is 2. The second kappa shape index (κ2) is 10.9. The van der Waals surface area contributed by atoms with Gasteiger partial charge in [-0.1, -0.05) is 12.1 Å². The second-order valence-corrected chi connectivity index (χ2v) is 9.74. The molecule has 10 atom stereocenters. The van der Waals surface area contributed by atoms with Crippen molar-refractivity contribution in [2.24, 2.45) is 0 Å². The van der Waals surface area contributed by atoms with E-state index in [0.717, 1.165) is 0 Å². The molecule has 214 valence electrons. The maximum Gasteiger partial charge on any atom is 0.342 e. The number of hydrogen-bond acceptors (Lipinski definition) is 14. The highest BCUT2D eigenvalue weighted by Gasteiger charge is 2.45.